The Kier molecular flexibility index (Phi) is 4.98. The van der Waals surface area contributed by atoms with E-state index in [9.17, 15) is 9.59 Å². The van der Waals surface area contributed by atoms with Crippen molar-refractivity contribution < 1.29 is 23.2 Å². The standard InChI is InChI=1S/C23H17N5O4S/c1-12-17(13(2)29)18(15-9-6-10-31-15)19-20(24)21(33-23(19)25-12)22(30)26-16-11-28(27-32-16)14-7-4-3-5-8-14/h3-11H,1-2H3,(H2-,24,26,27,30)/p+1. The van der Waals surface area contributed by atoms with Crippen molar-refractivity contribution in [2.24, 2.45) is 0 Å². The molecule has 3 N–H and O–H groups in total. The van der Waals surface area contributed by atoms with E-state index in [2.05, 4.69) is 15.6 Å². The second-order valence-corrected chi connectivity index (χ2v) is 8.31. The molecule has 4 heterocycles. The SMILES string of the molecule is CC(=O)c1c(C)nc2sc(C(=O)Nc3c[n+](-c4ccccc4)no3)c(N)c2c1-c1ccco1. The summed E-state index contributed by atoms with van der Waals surface area (Å²) in [5.74, 6) is -0.0110. The first-order valence-corrected chi connectivity index (χ1v) is 10.8. The van der Waals surface area contributed by atoms with E-state index in [0.29, 0.717) is 32.8 Å². The predicted octanol–water partition coefficient (Wildman–Crippen LogP) is 4.17. The number of aryl methyl sites for hydroxylation is 1. The average molecular weight is 460 g/mol. The number of nitrogens with one attached hydrogen (secondary N) is 1. The number of fused-ring (bicyclic) bond motifs is 1. The van der Waals surface area contributed by atoms with Crippen molar-refractivity contribution in [1.29, 1.82) is 0 Å². The molecule has 0 radical (unpaired) electrons. The summed E-state index contributed by atoms with van der Waals surface area (Å²) in [4.78, 5) is 30.8. The molecule has 0 aliphatic heterocycles. The van der Waals surface area contributed by atoms with Crippen molar-refractivity contribution in [2.75, 3.05) is 11.1 Å². The number of nitrogen functional groups attached to an aromatic ring is 1. The van der Waals surface area contributed by atoms with E-state index in [4.69, 9.17) is 14.7 Å². The van der Waals surface area contributed by atoms with Crippen LogP contribution < -0.4 is 15.7 Å². The van der Waals surface area contributed by atoms with Crippen LogP contribution in [-0.4, -0.2) is 21.9 Å². The van der Waals surface area contributed by atoms with Crippen molar-refractivity contribution in [1.82, 2.24) is 10.3 Å². The van der Waals surface area contributed by atoms with Gasteiger partial charge in [0.05, 0.1) is 23.2 Å². The van der Waals surface area contributed by atoms with Gasteiger partial charge in [-0.15, -0.1) is 11.3 Å². The highest BCUT2D eigenvalue weighted by Crippen LogP contribution is 2.42. The minimum Gasteiger partial charge on any atom is -0.464 e. The summed E-state index contributed by atoms with van der Waals surface area (Å²) in [5, 5.41) is 7.11. The Hall–Kier alpha value is -4.31. The van der Waals surface area contributed by atoms with Gasteiger partial charge < -0.3 is 10.2 Å². The van der Waals surface area contributed by atoms with Crippen molar-refractivity contribution in [3.8, 4) is 17.0 Å². The highest BCUT2D eigenvalue weighted by Gasteiger charge is 2.27. The van der Waals surface area contributed by atoms with Crippen molar-refractivity contribution in [3.05, 3.63) is 71.1 Å². The number of para-hydroxylation sites is 1. The summed E-state index contributed by atoms with van der Waals surface area (Å²) in [6, 6.07) is 12.8. The van der Waals surface area contributed by atoms with E-state index in [0.717, 1.165) is 17.0 Å². The summed E-state index contributed by atoms with van der Waals surface area (Å²) in [7, 11) is 0. The van der Waals surface area contributed by atoms with Gasteiger partial charge in [-0.3, -0.25) is 19.4 Å². The molecule has 0 saturated heterocycles. The highest BCUT2D eigenvalue weighted by atomic mass is 32.1. The third-order valence-corrected chi connectivity index (χ3v) is 6.21. The van der Waals surface area contributed by atoms with Crippen molar-refractivity contribution >= 4 is 44.8 Å². The number of nitrogens with two attached hydrogens (primary N) is 1. The second kappa shape index (κ2) is 7.99. The molecule has 1 aromatic carbocycles. The van der Waals surface area contributed by atoms with Gasteiger partial charge >= 0.3 is 5.88 Å². The molecular weight excluding hydrogens is 442 g/mol. The lowest BCUT2D eigenvalue weighted by Crippen LogP contribution is -2.31. The van der Waals surface area contributed by atoms with Crippen LogP contribution in [0.15, 0.2) is 63.9 Å². The Morgan fingerprint density at radius 1 is 1.15 bits per heavy atom. The fourth-order valence-electron chi connectivity index (χ4n) is 3.70. The third-order valence-electron chi connectivity index (χ3n) is 5.11. The van der Waals surface area contributed by atoms with Crippen LogP contribution in [0.3, 0.4) is 0 Å². The van der Waals surface area contributed by atoms with Crippen molar-refractivity contribution in [2.45, 2.75) is 13.8 Å². The number of hydrogen-bond acceptors (Lipinski definition) is 8. The topological polar surface area (TPSA) is 128 Å². The zero-order valence-electron chi connectivity index (χ0n) is 17.7. The first-order chi connectivity index (χ1) is 15.9. The molecule has 0 saturated carbocycles. The number of anilines is 2. The Labute approximate surface area is 191 Å². The molecule has 1 amide bonds. The van der Waals surface area contributed by atoms with Gasteiger partial charge in [-0.2, -0.15) is 0 Å². The van der Waals surface area contributed by atoms with Gasteiger partial charge in [-0.25, -0.2) is 4.98 Å². The largest absolute Gasteiger partial charge is 0.464 e. The van der Waals surface area contributed by atoms with Crippen LogP contribution in [0, 0.1) is 6.92 Å². The minimum atomic E-state index is -0.473. The Morgan fingerprint density at radius 2 is 1.94 bits per heavy atom. The minimum absolute atomic E-state index is 0.153. The number of pyridine rings is 1. The van der Waals surface area contributed by atoms with Crippen LogP contribution in [0.25, 0.3) is 27.2 Å². The van der Waals surface area contributed by atoms with E-state index in [-0.39, 0.29) is 22.2 Å². The number of rotatable bonds is 5. The molecule has 0 spiro atoms. The summed E-state index contributed by atoms with van der Waals surface area (Å²) in [6.07, 6.45) is 3.07. The van der Waals surface area contributed by atoms with Gasteiger partial charge in [0, 0.05) is 23.1 Å². The van der Waals surface area contributed by atoms with E-state index in [1.807, 2.05) is 30.3 Å². The van der Waals surface area contributed by atoms with Gasteiger partial charge in [-0.1, -0.05) is 18.2 Å². The fraction of sp³-hybridized carbons (Fsp3) is 0.0870. The normalized spacial score (nSPS) is 11.1. The zero-order chi connectivity index (χ0) is 23.1. The summed E-state index contributed by atoms with van der Waals surface area (Å²) >= 11 is 1.13. The number of carbonyl (C=O) groups is 2. The molecule has 0 aliphatic rings. The molecule has 0 bridgehead atoms. The maximum atomic E-state index is 13.1. The molecule has 5 aromatic rings. The molecule has 4 aromatic heterocycles. The van der Waals surface area contributed by atoms with Crippen LogP contribution in [-0.2, 0) is 0 Å². The Morgan fingerprint density at radius 3 is 2.64 bits per heavy atom. The summed E-state index contributed by atoms with van der Waals surface area (Å²) in [5.41, 5.74) is 8.89. The van der Waals surface area contributed by atoms with Crippen LogP contribution in [0.2, 0.25) is 0 Å². The summed E-state index contributed by atoms with van der Waals surface area (Å²) < 4.78 is 12.3. The van der Waals surface area contributed by atoms with E-state index in [1.54, 1.807) is 25.3 Å². The fourth-order valence-corrected chi connectivity index (χ4v) is 4.75. The van der Waals surface area contributed by atoms with Crippen LogP contribution in [0.4, 0.5) is 11.6 Å². The number of Topliss-reactive ketones (excluding diaryl/α,β-unsaturated/α-hetero) is 1. The number of carbonyl (C=O) groups excluding carboxylic acids is 2. The number of thiophene rings is 1. The monoisotopic (exact) mass is 460 g/mol. The molecule has 0 aliphatic carbocycles. The lowest BCUT2D eigenvalue weighted by Gasteiger charge is -2.10. The number of nitrogens with zero attached hydrogens (tertiary/aromatic N) is 3. The number of hydrogen-bond donors (Lipinski definition) is 2. The first-order valence-electron chi connectivity index (χ1n) is 9.97. The first kappa shape index (κ1) is 20.6. The lowest BCUT2D eigenvalue weighted by molar-refractivity contribution is -0.670. The zero-order valence-corrected chi connectivity index (χ0v) is 18.5. The van der Waals surface area contributed by atoms with Gasteiger partial charge in [0.2, 0.25) is 11.0 Å². The molecule has 10 heteroatoms. The smallest absolute Gasteiger partial charge is 0.303 e. The molecule has 164 valence electrons. The molecule has 33 heavy (non-hydrogen) atoms. The average Bonchev–Trinajstić information content (AvgIpc) is 3.54. The predicted molar refractivity (Wildman–Crippen MR) is 122 cm³/mol. The number of benzene rings is 1. The van der Waals surface area contributed by atoms with Gasteiger partial charge in [0.25, 0.3) is 12.1 Å². The number of furan rings is 1. The van der Waals surface area contributed by atoms with Crippen molar-refractivity contribution in [3.63, 3.8) is 0 Å². The van der Waals surface area contributed by atoms with E-state index < -0.39 is 5.91 Å². The quantitative estimate of drug-likeness (QED) is 0.298. The third kappa shape index (κ3) is 3.56. The van der Waals surface area contributed by atoms with Gasteiger partial charge in [0.1, 0.15) is 15.5 Å². The van der Waals surface area contributed by atoms with E-state index in [1.165, 1.54) is 17.9 Å². The Balaban J connectivity index is 1.56. The Bertz CT molecular complexity index is 1500. The number of amides is 1. The molecule has 9 nitrogen and oxygen atoms in total. The number of ketones is 1. The number of aromatic nitrogens is 3. The van der Waals surface area contributed by atoms with Gasteiger partial charge in [-0.05, 0) is 30.7 Å². The maximum Gasteiger partial charge on any atom is 0.303 e. The van der Waals surface area contributed by atoms with E-state index >= 15 is 0 Å². The lowest BCUT2D eigenvalue weighted by atomic mass is 9.97. The molecule has 0 unspecified atom stereocenters. The molecule has 0 atom stereocenters. The van der Waals surface area contributed by atoms with Crippen LogP contribution >= 0.6 is 11.3 Å². The second-order valence-electron chi connectivity index (χ2n) is 7.31. The van der Waals surface area contributed by atoms with Crippen LogP contribution in [0.5, 0.6) is 0 Å². The molecule has 5 rings (SSSR count). The molecule has 0 fully saturated rings. The highest BCUT2D eigenvalue weighted by molar-refractivity contribution is 7.21. The maximum absolute atomic E-state index is 13.1. The van der Waals surface area contributed by atoms with Crippen LogP contribution in [0.1, 0.15) is 32.6 Å². The summed E-state index contributed by atoms with van der Waals surface area (Å²) in [6.45, 7) is 3.21. The molecular formula is C23H18N5O4S+. The van der Waals surface area contributed by atoms with Gasteiger partial charge in [0.15, 0.2) is 5.78 Å².